The summed E-state index contributed by atoms with van der Waals surface area (Å²) in [5, 5.41) is 5.22. The third-order valence-electron chi connectivity index (χ3n) is 2.98. The van der Waals surface area contributed by atoms with Crippen LogP contribution < -0.4 is 15.4 Å². The van der Waals surface area contributed by atoms with Gasteiger partial charge in [-0.25, -0.2) is 0 Å². The maximum absolute atomic E-state index is 11.8. The monoisotopic (exact) mass is 319 g/mol. The molecule has 2 amide bonds. The zero-order chi connectivity index (χ0) is 17.1. The zero-order valence-corrected chi connectivity index (χ0v) is 13.8. The van der Waals surface area contributed by atoms with E-state index in [2.05, 4.69) is 17.2 Å². The third kappa shape index (κ3) is 8.01. The molecule has 0 bridgehead atoms. The molecule has 6 heteroatoms. The minimum Gasteiger partial charge on any atom is -0.490 e. The molecule has 0 unspecified atom stereocenters. The van der Waals surface area contributed by atoms with Gasteiger partial charge >= 0.3 is 0 Å². The van der Waals surface area contributed by atoms with Gasteiger partial charge in [-0.15, -0.1) is 0 Å². The normalized spacial score (nSPS) is 10.2. The van der Waals surface area contributed by atoms with Crippen LogP contribution in [0.3, 0.4) is 0 Å². The van der Waals surface area contributed by atoms with Crippen LogP contribution >= 0.6 is 0 Å². The number of rotatable bonds is 10. The van der Waals surface area contributed by atoms with E-state index in [4.69, 9.17) is 4.74 Å². The molecule has 1 aromatic carbocycles. The van der Waals surface area contributed by atoms with Crippen LogP contribution in [0.15, 0.2) is 36.9 Å². The van der Waals surface area contributed by atoms with Crippen molar-refractivity contribution in [3.8, 4) is 5.75 Å². The van der Waals surface area contributed by atoms with E-state index in [1.54, 1.807) is 6.08 Å². The largest absolute Gasteiger partial charge is 0.490 e. The first kappa shape index (κ1) is 18.7. The van der Waals surface area contributed by atoms with Gasteiger partial charge in [-0.3, -0.25) is 14.5 Å². The van der Waals surface area contributed by atoms with E-state index in [1.807, 2.05) is 43.1 Å². The number of carbonyl (C=O) groups is 2. The molecule has 0 saturated carbocycles. The highest BCUT2D eigenvalue weighted by atomic mass is 16.5. The molecule has 126 valence electrons. The van der Waals surface area contributed by atoms with Gasteiger partial charge in [-0.1, -0.05) is 24.8 Å². The molecular weight excluding hydrogens is 294 g/mol. The number of benzene rings is 1. The van der Waals surface area contributed by atoms with Crippen LogP contribution in [-0.4, -0.2) is 50.0 Å². The van der Waals surface area contributed by atoms with Crippen LogP contribution in [0.1, 0.15) is 12.5 Å². The quantitative estimate of drug-likeness (QED) is 0.630. The van der Waals surface area contributed by atoms with Gasteiger partial charge in [0.2, 0.25) is 11.8 Å². The Bertz CT molecular complexity index is 514. The van der Waals surface area contributed by atoms with Gasteiger partial charge in [-0.05, 0) is 31.7 Å². The molecule has 0 aliphatic carbocycles. The molecule has 0 atom stereocenters. The lowest BCUT2D eigenvalue weighted by Crippen LogP contribution is -2.41. The third-order valence-corrected chi connectivity index (χ3v) is 2.98. The Morgan fingerprint density at radius 1 is 1.22 bits per heavy atom. The fraction of sp³-hybridized carbons (Fsp3) is 0.412. The second kappa shape index (κ2) is 10.4. The lowest BCUT2D eigenvalue weighted by Gasteiger charge is -2.16. The van der Waals surface area contributed by atoms with E-state index in [-0.39, 0.29) is 24.9 Å². The van der Waals surface area contributed by atoms with E-state index in [0.29, 0.717) is 19.7 Å². The number of nitrogens with zero attached hydrogens (tertiary/aromatic N) is 1. The number of amides is 2. The number of likely N-dealkylation sites (N-methyl/N-ethyl adjacent to an activating group) is 2. The van der Waals surface area contributed by atoms with Gasteiger partial charge in [-0.2, -0.15) is 0 Å². The summed E-state index contributed by atoms with van der Waals surface area (Å²) in [7, 11) is 1.85. The first-order valence-electron chi connectivity index (χ1n) is 7.59. The van der Waals surface area contributed by atoms with Crippen LogP contribution in [0.2, 0.25) is 0 Å². The Hall–Kier alpha value is -2.34. The van der Waals surface area contributed by atoms with Gasteiger partial charge in [0.15, 0.2) is 0 Å². The minimum absolute atomic E-state index is 0.00977. The molecule has 0 aliphatic heterocycles. The van der Waals surface area contributed by atoms with E-state index in [0.717, 1.165) is 11.3 Å². The van der Waals surface area contributed by atoms with Gasteiger partial charge in [0, 0.05) is 13.1 Å². The van der Waals surface area contributed by atoms with Crippen molar-refractivity contribution < 1.29 is 14.3 Å². The van der Waals surface area contributed by atoms with E-state index >= 15 is 0 Å². The van der Waals surface area contributed by atoms with Crippen molar-refractivity contribution >= 4 is 11.8 Å². The van der Waals surface area contributed by atoms with Crippen LogP contribution in [0.25, 0.3) is 0 Å². The van der Waals surface area contributed by atoms with Crippen molar-refractivity contribution in [2.24, 2.45) is 0 Å². The molecule has 1 rings (SSSR count). The predicted molar refractivity (Wildman–Crippen MR) is 90.2 cm³/mol. The highest BCUT2D eigenvalue weighted by Gasteiger charge is 2.08. The summed E-state index contributed by atoms with van der Waals surface area (Å²) in [6, 6.07) is 7.70. The zero-order valence-electron chi connectivity index (χ0n) is 13.8. The summed E-state index contributed by atoms with van der Waals surface area (Å²) >= 11 is 0. The average molecular weight is 319 g/mol. The lowest BCUT2D eigenvalue weighted by atomic mass is 10.2. The van der Waals surface area contributed by atoms with E-state index in [9.17, 15) is 9.59 Å². The molecule has 0 fully saturated rings. The Labute approximate surface area is 137 Å². The Kier molecular flexibility index (Phi) is 8.46. The Balaban J connectivity index is 2.34. The summed E-state index contributed by atoms with van der Waals surface area (Å²) in [5.41, 5.74) is 1.08. The molecule has 6 nitrogen and oxygen atoms in total. The van der Waals surface area contributed by atoms with Crippen molar-refractivity contribution in [3.05, 3.63) is 42.5 Å². The molecule has 2 N–H and O–H groups in total. The number of hydrogen-bond donors (Lipinski definition) is 2. The molecule has 0 aromatic heterocycles. The van der Waals surface area contributed by atoms with Crippen LogP contribution in [-0.2, 0) is 16.1 Å². The highest BCUT2D eigenvalue weighted by Crippen LogP contribution is 2.13. The highest BCUT2D eigenvalue weighted by molar-refractivity contribution is 5.85. The van der Waals surface area contributed by atoms with Crippen molar-refractivity contribution in [3.63, 3.8) is 0 Å². The average Bonchev–Trinajstić information content (AvgIpc) is 2.52. The number of ether oxygens (including phenoxy) is 1. The fourth-order valence-corrected chi connectivity index (χ4v) is 1.95. The second-order valence-electron chi connectivity index (χ2n) is 5.15. The molecular formula is C17H25N3O3. The minimum atomic E-state index is -0.182. The summed E-state index contributed by atoms with van der Waals surface area (Å²) in [4.78, 5) is 24.9. The number of hydrogen-bond acceptors (Lipinski definition) is 4. The molecule has 0 radical (unpaired) electrons. The van der Waals surface area contributed by atoms with E-state index < -0.39 is 0 Å². The first-order chi connectivity index (χ1) is 11.0. The summed E-state index contributed by atoms with van der Waals surface area (Å²) in [6.07, 6.45) is 1.70. The van der Waals surface area contributed by atoms with Crippen molar-refractivity contribution in [2.75, 3.05) is 33.3 Å². The van der Waals surface area contributed by atoms with Gasteiger partial charge in [0.05, 0.1) is 13.1 Å². The van der Waals surface area contributed by atoms with Crippen LogP contribution in [0.5, 0.6) is 5.75 Å². The first-order valence-corrected chi connectivity index (χ1v) is 7.59. The van der Waals surface area contributed by atoms with Gasteiger partial charge in [0.25, 0.3) is 0 Å². The van der Waals surface area contributed by atoms with Crippen LogP contribution in [0.4, 0.5) is 0 Å². The second-order valence-corrected chi connectivity index (χ2v) is 5.15. The molecule has 0 heterocycles. The van der Waals surface area contributed by atoms with Gasteiger partial charge < -0.3 is 15.4 Å². The molecule has 0 saturated heterocycles. The standard InChI is InChI=1S/C17H25N3O3/c1-4-10-23-15-8-6-14(7-9-15)12-20(3)13-17(22)19-11-16(21)18-5-2/h4,6-9H,1,5,10-13H2,2-3H3,(H,18,21)(H,19,22). The van der Waals surface area contributed by atoms with Crippen LogP contribution in [0, 0.1) is 0 Å². The smallest absolute Gasteiger partial charge is 0.239 e. The molecule has 23 heavy (non-hydrogen) atoms. The summed E-state index contributed by atoms with van der Waals surface area (Å²) in [5.74, 6) is 0.430. The lowest BCUT2D eigenvalue weighted by molar-refractivity contribution is -0.126. The Morgan fingerprint density at radius 2 is 1.91 bits per heavy atom. The topological polar surface area (TPSA) is 70.7 Å². The SMILES string of the molecule is C=CCOc1ccc(CN(C)CC(=O)NCC(=O)NCC)cc1. The number of nitrogens with one attached hydrogen (secondary N) is 2. The van der Waals surface area contributed by atoms with Crippen molar-refractivity contribution in [1.29, 1.82) is 0 Å². The maximum Gasteiger partial charge on any atom is 0.239 e. The van der Waals surface area contributed by atoms with Crippen molar-refractivity contribution in [1.82, 2.24) is 15.5 Å². The molecule has 0 aliphatic rings. The molecule has 1 aromatic rings. The molecule has 0 spiro atoms. The fourth-order valence-electron chi connectivity index (χ4n) is 1.95. The van der Waals surface area contributed by atoms with Gasteiger partial charge in [0.1, 0.15) is 12.4 Å². The maximum atomic E-state index is 11.8. The summed E-state index contributed by atoms with van der Waals surface area (Å²) < 4.78 is 5.42. The summed E-state index contributed by atoms with van der Waals surface area (Å²) in [6.45, 7) is 7.35. The number of carbonyl (C=O) groups excluding carboxylic acids is 2. The van der Waals surface area contributed by atoms with Crippen molar-refractivity contribution in [2.45, 2.75) is 13.5 Å². The van der Waals surface area contributed by atoms with E-state index in [1.165, 1.54) is 0 Å². The Morgan fingerprint density at radius 3 is 2.52 bits per heavy atom. The predicted octanol–water partition coefficient (Wildman–Crippen LogP) is 0.936.